The molecule has 0 aromatic rings. The lowest BCUT2D eigenvalue weighted by atomic mass is 9.84. The molecule has 0 aromatic heterocycles. The summed E-state index contributed by atoms with van der Waals surface area (Å²) in [6, 6.07) is 0. The van der Waals surface area contributed by atoms with Crippen molar-refractivity contribution in [3.05, 3.63) is 11.1 Å². The first-order valence-electron chi connectivity index (χ1n) is 6.10. The highest BCUT2D eigenvalue weighted by atomic mass is 16.6. The first-order valence-corrected chi connectivity index (χ1v) is 6.10. The predicted molar refractivity (Wildman–Crippen MR) is 61.1 cm³/mol. The van der Waals surface area contributed by atoms with Crippen molar-refractivity contribution in [3.63, 3.8) is 0 Å². The van der Waals surface area contributed by atoms with Crippen LogP contribution in [0.5, 0.6) is 0 Å². The molecule has 3 nitrogen and oxygen atoms in total. The number of hydrogen-bond donors (Lipinski definition) is 0. The van der Waals surface area contributed by atoms with Crippen LogP contribution in [0.2, 0.25) is 0 Å². The highest BCUT2D eigenvalue weighted by Gasteiger charge is 2.46. The molecule has 16 heavy (non-hydrogen) atoms. The van der Waals surface area contributed by atoms with Gasteiger partial charge in [-0.2, -0.15) is 0 Å². The van der Waals surface area contributed by atoms with Crippen molar-refractivity contribution in [3.8, 4) is 0 Å². The highest BCUT2D eigenvalue weighted by molar-refractivity contribution is 5.84. The van der Waals surface area contributed by atoms with E-state index in [1.807, 2.05) is 20.8 Å². The van der Waals surface area contributed by atoms with Gasteiger partial charge in [0.25, 0.3) is 0 Å². The van der Waals surface area contributed by atoms with Gasteiger partial charge in [0.05, 0.1) is 12.7 Å². The molecule has 3 heteroatoms. The Morgan fingerprint density at radius 2 is 2.06 bits per heavy atom. The summed E-state index contributed by atoms with van der Waals surface area (Å²) in [4.78, 5) is 12.1. The fraction of sp³-hybridized carbons (Fsp3) is 0.769. The SMILES string of the molecule is CC(C)OC(=O)[C@]1(C)OCC2=C1CCCC2. The molecular weight excluding hydrogens is 204 g/mol. The van der Waals surface area contributed by atoms with Crippen LogP contribution in [0.15, 0.2) is 11.1 Å². The fourth-order valence-electron chi connectivity index (χ4n) is 2.53. The van der Waals surface area contributed by atoms with Gasteiger partial charge in [-0.05, 0) is 57.6 Å². The Morgan fingerprint density at radius 1 is 1.38 bits per heavy atom. The Balaban J connectivity index is 2.19. The molecule has 0 radical (unpaired) electrons. The van der Waals surface area contributed by atoms with E-state index in [4.69, 9.17) is 9.47 Å². The third-order valence-electron chi connectivity index (χ3n) is 3.43. The van der Waals surface area contributed by atoms with Crippen molar-refractivity contribution in [1.29, 1.82) is 0 Å². The summed E-state index contributed by atoms with van der Waals surface area (Å²) < 4.78 is 11.0. The van der Waals surface area contributed by atoms with E-state index in [9.17, 15) is 4.79 Å². The van der Waals surface area contributed by atoms with Crippen molar-refractivity contribution < 1.29 is 14.3 Å². The van der Waals surface area contributed by atoms with Gasteiger partial charge in [-0.3, -0.25) is 0 Å². The van der Waals surface area contributed by atoms with Crippen LogP contribution in [0.3, 0.4) is 0 Å². The Bertz CT molecular complexity index is 330. The molecule has 2 aliphatic rings. The van der Waals surface area contributed by atoms with Crippen LogP contribution in [0.1, 0.15) is 46.5 Å². The van der Waals surface area contributed by atoms with Crippen LogP contribution in [0.4, 0.5) is 0 Å². The summed E-state index contributed by atoms with van der Waals surface area (Å²) in [6.45, 7) is 6.20. The molecule has 2 rings (SSSR count). The van der Waals surface area contributed by atoms with Crippen molar-refractivity contribution in [2.45, 2.75) is 58.2 Å². The minimum Gasteiger partial charge on any atom is -0.461 e. The van der Waals surface area contributed by atoms with Gasteiger partial charge in [0.15, 0.2) is 5.60 Å². The molecule has 0 amide bonds. The monoisotopic (exact) mass is 224 g/mol. The van der Waals surface area contributed by atoms with Crippen molar-refractivity contribution >= 4 is 5.97 Å². The van der Waals surface area contributed by atoms with Crippen molar-refractivity contribution in [1.82, 2.24) is 0 Å². The topological polar surface area (TPSA) is 35.5 Å². The van der Waals surface area contributed by atoms with Gasteiger partial charge in [-0.1, -0.05) is 0 Å². The summed E-state index contributed by atoms with van der Waals surface area (Å²) in [6.07, 6.45) is 4.37. The molecule has 0 fully saturated rings. The second-order valence-electron chi connectivity index (χ2n) is 5.07. The van der Waals surface area contributed by atoms with E-state index in [0.717, 1.165) is 19.3 Å². The van der Waals surface area contributed by atoms with Gasteiger partial charge < -0.3 is 9.47 Å². The van der Waals surface area contributed by atoms with Crippen molar-refractivity contribution in [2.75, 3.05) is 6.61 Å². The maximum Gasteiger partial charge on any atom is 0.342 e. The Hall–Kier alpha value is -0.830. The lowest BCUT2D eigenvalue weighted by molar-refractivity contribution is -0.166. The highest BCUT2D eigenvalue weighted by Crippen LogP contribution is 2.41. The molecule has 0 bridgehead atoms. The van der Waals surface area contributed by atoms with Crippen LogP contribution >= 0.6 is 0 Å². The second kappa shape index (κ2) is 4.21. The number of ether oxygens (including phenoxy) is 2. The Labute approximate surface area is 96.8 Å². The third kappa shape index (κ3) is 1.88. The zero-order valence-corrected chi connectivity index (χ0v) is 10.3. The third-order valence-corrected chi connectivity index (χ3v) is 3.43. The maximum absolute atomic E-state index is 12.1. The number of hydrogen-bond acceptors (Lipinski definition) is 3. The van der Waals surface area contributed by atoms with E-state index in [2.05, 4.69) is 0 Å². The Morgan fingerprint density at radius 3 is 2.75 bits per heavy atom. The summed E-state index contributed by atoms with van der Waals surface area (Å²) in [5.74, 6) is -0.227. The largest absolute Gasteiger partial charge is 0.461 e. The minimum absolute atomic E-state index is 0.0823. The van der Waals surface area contributed by atoms with Crippen LogP contribution in [-0.2, 0) is 14.3 Å². The van der Waals surface area contributed by atoms with Gasteiger partial charge in [-0.15, -0.1) is 0 Å². The van der Waals surface area contributed by atoms with Gasteiger partial charge in [0.2, 0.25) is 0 Å². The zero-order chi connectivity index (χ0) is 11.8. The van der Waals surface area contributed by atoms with Gasteiger partial charge in [0.1, 0.15) is 0 Å². The number of esters is 1. The molecule has 0 spiro atoms. The molecule has 0 aromatic carbocycles. The fourth-order valence-corrected chi connectivity index (χ4v) is 2.53. The summed E-state index contributed by atoms with van der Waals surface area (Å²) >= 11 is 0. The standard InChI is InChI=1S/C13H20O3/c1-9(2)16-12(14)13(3)11-7-5-4-6-10(11)8-15-13/h9H,4-8H2,1-3H3/t13-/m1/s1. The van der Waals surface area contributed by atoms with Gasteiger partial charge >= 0.3 is 5.97 Å². The second-order valence-corrected chi connectivity index (χ2v) is 5.07. The average molecular weight is 224 g/mol. The van der Waals surface area contributed by atoms with Crippen molar-refractivity contribution in [2.24, 2.45) is 0 Å². The normalized spacial score (nSPS) is 29.5. The average Bonchev–Trinajstić information content (AvgIpc) is 2.58. The minimum atomic E-state index is -0.806. The van der Waals surface area contributed by atoms with Crippen LogP contribution < -0.4 is 0 Å². The molecule has 0 unspecified atom stereocenters. The van der Waals surface area contributed by atoms with Gasteiger partial charge in [0, 0.05) is 0 Å². The molecule has 0 saturated heterocycles. The van der Waals surface area contributed by atoms with E-state index in [1.54, 1.807) is 0 Å². The quantitative estimate of drug-likeness (QED) is 0.534. The summed E-state index contributed by atoms with van der Waals surface area (Å²) in [5.41, 5.74) is 1.71. The lowest BCUT2D eigenvalue weighted by Crippen LogP contribution is -2.40. The molecule has 1 atom stereocenters. The predicted octanol–water partition coefficient (Wildman–Crippen LogP) is 2.60. The summed E-state index contributed by atoms with van der Waals surface area (Å²) in [5, 5.41) is 0. The maximum atomic E-state index is 12.1. The van der Waals surface area contributed by atoms with E-state index < -0.39 is 5.60 Å². The molecular formula is C13H20O3. The summed E-state index contributed by atoms with van der Waals surface area (Å²) in [7, 11) is 0. The zero-order valence-electron chi connectivity index (χ0n) is 10.3. The molecule has 1 aliphatic carbocycles. The Kier molecular flexibility index (Phi) is 3.06. The molecule has 0 saturated carbocycles. The smallest absolute Gasteiger partial charge is 0.342 e. The van der Waals surface area contributed by atoms with Gasteiger partial charge in [-0.25, -0.2) is 4.79 Å². The van der Waals surface area contributed by atoms with E-state index >= 15 is 0 Å². The molecule has 90 valence electrons. The first-order chi connectivity index (χ1) is 7.54. The lowest BCUT2D eigenvalue weighted by Gasteiger charge is -2.27. The van der Waals surface area contributed by atoms with Crippen LogP contribution in [0, 0.1) is 0 Å². The first kappa shape index (κ1) is 11.6. The molecule has 1 heterocycles. The number of carbonyl (C=O) groups is 1. The molecule has 0 N–H and O–H groups in total. The molecule has 1 aliphatic heterocycles. The van der Waals surface area contributed by atoms with E-state index in [1.165, 1.54) is 17.6 Å². The number of rotatable bonds is 2. The van der Waals surface area contributed by atoms with Crippen LogP contribution in [-0.4, -0.2) is 24.3 Å². The van der Waals surface area contributed by atoms with E-state index in [0.29, 0.717) is 6.61 Å². The van der Waals surface area contributed by atoms with E-state index in [-0.39, 0.29) is 12.1 Å². The number of carbonyl (C=O) groups excluding carboxylic acids is 1. The van der Waals surface area contributed by atoms with Crippen LogP contribution in [0.25, 0.3) is 0 Å².